The number of carbonyl (C=O) groups excluding carboxylic acids is 1. The molecule has 0 bridgehead atoms. The van der Waals surface area contributed by atoms with Crippen molar-refractivity contribution in [3.05, 3.63) is 0 Å². The van der Waals surface area contributed by atoms with Crippen LogP contribution in [0.3, 0.4) is 0 Å². The van der Waals surface area contributed by atoms with Crippen LogP contribution in [0.2, 0.25) is 0 Å². The van der Waals surface area contributed by atoms with Crippen LogP contribution in [0, 0.1) is 0 Å². The summed E-state index contributed by atoms with van der Waals surface area (Å²) in [7, 11) is 3.91. The molecule has 0 atom stereocenters. The van der Waals surface area contributed by atoms with Crippen molar-refractivity contribution < 1.29 is 14.7 Å². The van der Waals surface area contributed by atoms with Crippen LogP contribution in [-0.2, 0) is 9.59 Å². The highest BCUT2D eigenvalue weighted by atomic mass is 16.4. The molecule has 19 heavy (non-hydrogen) atoms. The lowest BCUT2D eigenvalue weighted by molar-refractivity contribution is -0.137. The van der Waals surface area contributed by atoms with Gasteiger partial charge in [0.1, 0.15) is 0 Å². The Labute approximate surface area is 115 Å². The van der Waals surface area contributed by atoms with Gasteiger partial charge in [0, 0.05) is 26.2 Å². The Hall–Kier alpha value is -1.14. The maximum Gasteiger partial charge on any atom is 0.304 e. The Morgan fingerprint density at radius 3 is 2.37 bits per heavy atom. The van der Waals surface area contributed by atoms with Gasteiger partial charge in [-0.05, 0) is 20.5 Å². The van der Waals surface area contributed by atoms with E-state index in [0.29, 0.717) is 19.6 Å². The number of amides is 1. The van der Waals surface area contributed by atoms with Gasteiger partial charge in [0.25, 0.3) is 0 Å². The van der Waals surface area contributed by atoms with E-state index in [1.54, 1.807) is 0 Å². The summed E-state index contributed by atoms with van der Waals surface area (Å²) in [5, 5.41) is 11.6. The lowest BCUT2D eigenvalue weighted by Crippen LogP contribution is -2.41. The molecule has 0 aliphatic carbocycles. The number of aliphatic carboxylic acids is 1. The second-order valence-corrected chi connectivity index (χ2v) is 4.93. The van der Waals surface area contributed by atoms with E-state index in [2.05, 4.69) is 12.2 Å². The SMILES string of the molecule is CCCCNC(=O)CN(CCC(=O)O)CCN(C)C. The summed E-state index contributed by atoms with van der Waals surface area (Å²) in [6.07, 6.45) is 2.08. The lowest BCUT2D eigenvalue weighted by atomic mass is 10.3. The minimum absolute atomic E-state index is 0.0300. The molecule has 0 aliphatic heterocycles. The maximum atomic E-state index is 11.7. The Bertz CT molecular complexity index is 270. The number of carboxylic acids is 1. The van der Waals surface area contributed by atoms with Crippen LogP contribution < -0.4 is 5.32 Å². The molecule has 0 aromatic rings. The first kappa shape index (κ1) is 17.9. The molecular formula is C13H27N3O3. The van der Waals surface area contributed by atoms with Crippen LogP contribution in [0.5, 0.6) is 0 Å². The van der Waals surface area contributed by atoms with Crippen LogP contribution in [0.25, 0.3) is 0 Å². The van der Waals surface area contributed by atoms with Crippen molar-refractivity contribution in [2.45, 2.75) is 26.2 Å². The minimum Gasteiger partial charge on any atom is -0.481 e. The van der Waals surface area contributed by atoms with E-state index in [1.807, 2.05) is 23.9 Å². The fraction of sp³-hybridized carbons (Fsp3) is 0.846. The highest BCUT2D eigenvalue weighted by Gasteiger charge is 2.12. The monoisotopic (exact) mass is 273 g/mol. The zero-order chi connectivity index (χ0) is 14.7. The number of hydrogen-bond donors (Lipinski definition) is 2. The summed E-state index contributed by atoms with van der Waals surface area (Å²) >= 11 is 0. The number of likely N-dealkylation sites (N-methyl/N-ethyl adjacent to an activating group) is 1. The van der Waals surface area contributed by atoms with Crippen molar-refractivity contribution in [2.75, 3.05) is 46.8 Å². The molecule has 0 heterocycles. The summed E-state index contributed by atoms with van der Waals surface area (Å²) in [4.78, 5) is 26.2. The standard InChI is InChI=1S/C13H27N3O3/c1-4-5-7-14-12(17)11-16(8-6-13(18)19)10-9-15(2)3/h4-11H2,1-3H3,(H,14,17)(H,18,19). The van der Waals surface area contributed by atoms with Crippen molar-refractivity contribution in [1.29, 1.82) is 0 Å². The van der Waals surface area contributed by atoms with Crippen LogP contribution in [0.1, 0.15) is 26.2 Å². The topological polar surface area (TPSA) is 72.9 Å². The van der Waals surface area contributed by atoms with Gasteiger partial charge in [0.05, 0.1) is 13.0 Å². The Kier molecular flexibility index (Phi) is 10.1. The molecule has 6 heteroatoms. The van der Waals surface area contributed by atoms with E-state index in [4.69, 9.17) is 5.11 Å². The third-order valence-corrected chi connectivity index (χ3v) is 2.73. The zero-order valence-electron chi connectivity index (χ0n) is 12.3. The summed E-state index contributed by atoms with van der Waals surface area (Å²) in [5.41, 5.74) is 0. The van der Waals surface area contributed by atoms with Gasteiger partial charge in [-0.25, -0.2) is 0 Å². The molecule has 0 aliphatic rings. The van der Waals surface area contributed by atoms with Crippen LogP contribution in [0.4, 0.5) is 0 Å². The summed E-state index contributed by atoms with van der Waals surface area (Å²) < 4.78 is 0. The minimum atomic E-state index is -0.832. The molecule has 0 fully saturated rings. The first-order valence-electron chi connectivity index (χ1n) is 6.81. The van der Waals surface area contributed by atoms with E-state index < -0.39 is 5.97 Å². The zero-order valence-corrected chi connectivity index (χ0v) is 12.3. The van der Waals surface area contributed by atoms with Gasteiger partial charge < -0.3 is 15.3 Å². The van der Waals surface area contributed by atoms with Crippen molar-refractivity contribution in [3.63, 3.8) is 0 Å². The highest BCUT2D eigenvalue weighted by Crippen LogP contribution is 1.94. The predicted molar refractivity (Wildman–Crippen MR) is 75.2 cm³/mol. The summed E-state index contributed by atoms with van der Waals surface area (Å²) in [5.74, 6) is -0.862. The molecule has 2 N–H and O–H groups in total. The second kappa shape index (κ2) is 10.8. The third-order valence-electron chi connectivity index (χ3n) is 2.73. The van der Waals surface area contributed by atoms with Gasteiger partial charge in [-0.3, -0.25) is 14.5 Å². The molecule has 0 aromatic heterocycles. The van der Waals surface area contributed by atoms with Crippen LogP contribution >= 0.6 is 0 Å². The normalized spacial score (nSPS) is 11.0. The molecule has 0 saturated carbocycles. The second-order valence-electron chi connectivity index (χ2n) is 4.93. The summed E-state index contributed by atoms with van der Waals surface area (Å²) in [6, 6.07) is 0. The fourth-order valence-corrected chi connectivity index (χ4v) is 1.53. The van der Waals surface area contributed by atoms with Gasteiger partial charge in [0.2, 0.25) is 5.91 Å². The van der Waals surface area contributed by atoms with E-state index in [1.165, 1.54) is 0 Å². The smallest absolute Gasteiger partial charge is 0.304 e. The van der Waals surface area contributed by atoms with E-state index >= 15 is 0 Å². The lowest BCUT2D eigenvalue weighted by Gasteiger charge is -2.22. The van der Waals surface area contributed by atoms with Crippen LogP contribution in [0.15, 0.2) is 0 Å². The molecule has 0 rings (SSSR count). The van der Waals surface area contributed by atoms with Gasteiger partial charge in [-0.2, -0.15) is 0 Å². The number of carboxylic acid groups (broad SMARTS) is 1. The van der Waals surface area contributed by atoms with Gasteiger partial charge in [-0.15, -0.1) is 0 Å². The Balaban J connectivity index is 4.07. The molecule has 6 nitrogen and oxygen atoms in total. The van der Waals surface area contributed by atoms with Crippen LogP contribution in [-0.4, -0.2) is 73.6 Å². The predicted octanol–water partition coefficient (Wildman–Crippen LogP) is 0.241. The maximum absolute atomic E-state index is 11.7. The average Bonchev–Trinajstić information content (AvgIpc) is 2.32. The molecule has 1 amide bonds. The largest absolute Gasteiger partial charge is 0.481 e. The highest BCUT2D eigenvalue weighted by molar-refractivity contribution is 5.78. The number of nitrogens with zero attached hydrogens (tertiary/aromatic N) is 2. The quantitative estimate of drug-likeness (QED) is 0.528. The van der Waals surface area contributed by atoms with Gasteiger partial charge >= 0.3 is 5.97 Å². The Morgan fingerprint density at radius 1 is 1.16 bits per heavy atom. The Morgan fingerprint density at radius 2 is 1.84 bits per heavy atom. The molecule has 0 radical (unpaired) electrons. The number of unbranched alkanes of at least 4 members (excludes halogenated alkanes) is 1. The first-order valence-corrected chi connectivity index (χ1v) is 6.81. The number of rotatable bonds is 11. The summed E-state index contributed by atoms with van der Waals surface area (Å²) in [6.45, 7) is 4.94. The molecule has 0 spiro atoms. The molecule has 0 unspecified atom stereocenters. The van der Waals surface area contributed by atoms with E-state index in [9.17, 15) is 9.59 Å². The molecule has 0 aromatic carbocycles. The number of nitrogens with one attached hydrogen (secondary N) is 1. The van der Waals surface area contributed by atoms with Crippen molar-refractivity contribution in [1.82, 2.24) is 15.1 Å². The van der Waals surface area contributed by atoms with Crippen molar-refractivity contribution in [3.8, 4) is 0 Å². The fourth-order valence-electron chi connectivity index (χ4n) is 1.53. The molecule has 0 saturated heterocycles. The van der Waals surface area contributed by atoms with Crippen molar-refractivity contribution in [2.24, 2.45) is 0 Å². The van der Waals surface area contributed by atoms with Crippen molar-refractivity contribution >= 4 is 11.9 Å². The van der Waals surface area contributed by atoms with Gasteiger partial charge in [-0.1, -0.05) is 13.3 Å². The van der Waals surface area contributed by atoms with Gasteiger partial charge in [0.15, 0.2) is 0 Å². The molecule has 112 valence electrons. The third kappa shape index (κ3) is 11.7. The van der Waals surface area contributed by atoms with E-state index in [-0.39, 0.29) is 18.9 Å². The number of carbonyl (C=O) groups is 2. The van der Waals surface area contributed by atoms with E-state index in [0.717, 1.165) is 19.4 Å². The first-order chi connectivity index (χ1) is 8.95. The average molecular weight is 273 g/mol. The molecular weight excluding hydrogens is 246 g/mol. The number of hydrogen-bond acceptors (Lipinski definition) is 4.